The van der Waals surface area contributed by atoms with Crippen LogP contribution in [0.15, 0.2) is 77.4 Å². The van der Waals surface area contributed by atoms with Gasteiger partial charge in [-0.05, 0) is 43.3 Å². The zero-order chi connectivity index (χ0) is 20.9. The first-order valence-electron chi connectivity index (χ1n) is 9.43. The van der Waals surface area contributed by atoms with E-state index in [2.05, 4.69) is 15.8 Å². The molecular formula is C23H19N3O4. The number of para-hydroxylation sites is 2. The van der Waals surface area contributed by atoms with Crippen LogP contribution in [0.1, 0.15) is 27.6 Å². The molecule has 0 fully saturated rings. The lowest BCUT2D eigenvalue weighted by Gasteiger charge is -2.12. The highest BCUT2D eigenvalue weighted by Gasteiger charge is 2.17. The van der Waals surface area contributed by atoms with E-state index in [1.54, 1.807) is 54.8 Å². The molecule has 0 aliphatic rings. The Morgan fingerprint density at radius 2 is 1.67 bits per heavy atom. The van der Waals surface area contributed by atoms with Gasteiger partial charge in [0.25, 0.3) is 11.8 Å². The fourth-order valence-electron chi connectivity index (χ4n) is 3.10. The highest BCUT2D eigenvalue weighted by atomic mass is 16.5. The van der Waals surface area contributed by atoms with Crippen LogP contribution in [0.3, 0.4) is 0 Å². The topological polar surface area (TPSA) is 93.5 Å². The summed E-state index contributed by atoms with van der Waals surface area (Å²) in [6, 6.07) is 19.3. The van der Waals surface area contributed by atoms with Gasteiger partial charge in [0.2, 0.25) is 0 Å². The Bertz CT molecular complexity index is 1200. The number of aromatic nitrogens is 1. The molecule has 0 aliphatic heterocycles. The molecule has 0 aliphatic carbocycles. The molecule has 2 heterocycles. The van der Waals surface area contributed by atoms with E-state index in [0.29, 0.717) is 45.8 Å². The minimum absolute atomic E-state index is 0.329. The Morgan fingerprint density at radius 1 is 0.933 bits per heavy atom. The van der Waals surface area contributed by atoms with Gasteiger partial charge in [-0.3, -0.25) is 20.4 Å². The number of carbonyl (C=O) groups excluding carboxylic acids is 2. The molecule has 0 spiro atoms. The molecular weight excluding hydrogens is 382 g/mol. The molecule has 150 valence electrons. The SMILES string of the molecule is CCOc1ccccc1C(=O)NNC(=O)c1cc(-c2ccco2)nc2ccccc12. The van der Waals surface area contributed by atoms with E-state index in [1.807, 2.05) is 25.1 Å². The van der Waals surface area contributed by atoms with Crippen LogP contribution in [-0.4, -0.2) is 23.4 Å². The molecule has 0 bridgehead atoms. The van der Waals surface area contributed by atoms with Crippen LogP contribution in [0, 0.1) is 0 Å². The number of furan rings is 1. The van der Waals surface area contributed by atoms with Gasteiger partial charge in [-0.2, -0.15) is 0 Å². The van der Waals surface area contributed by atoms with Gasteiger partial charge in [0.15, 0.2) is 5.76 Å². The lowest BCUT2D eigenvalue weighted by atomic mass is 10.1. The summed E-state index contributed by atoms with van der Waals surface area (Å²) in [5.74, 6) is 0.0476. The molecule has 0 atom stereocenters. The fourth-order valence-corrected chi connectivity index (χ4v) is 3.10. The Morgan fingerprint density at radius 3 is 2.43 bits per heavy atom. The van der Waals surface area contributed by atoms with Crippen molar-refractivity contribution in [2.45, 2.75) is 6.92 Å². The molecule has 0 saturated heterocycles. The van der Waals surface area contributed by atoms with Crippen molar-refractivity contribution in [2.24, 2.45) is 0 Å². The summed E-state index contributed by atoms with van der Waals surface area (Å²) in [6.07, 6.45) is 1.54. The molecule has 4 aromatic rings. The summed E-state index contributed by atoms with van der Waals surface area (Å²) >= 11 is 0. The number of ether oxygens (including phenoxy) is 1. The van der Waals surface area contributed by atoms with Crippen molar-refractivity contribution in [1.29, 1.82) is 0 Å². The smallest absolute Gasteiger partial charge is 0.273 e. The third-order valence-electron chi connectivity index (χ3n) is 4.46. The maximum Gasteiger partial charge on any atom is 0.273 e. The van der Waals surface area contributed by atoms with Gasteiger partial charge in [-0.1, -0.05) is 30.3 Å². The maximum atomic E-state index is 12.9. The zero-order valence-electron chi connectivity index (χ0n) is 16.2. The average Bonchev–Trinajstić information content (AvgIpc) is 3.32. The summed E-state index contributed by atoms with van der Waals surface area (Å²) in [5, 5.41) is 0.661. The zero-order valence-corrected chi connectivity index (χ0v) is 16.2. The summed E-state index contributed by atoms with van der Waals surface area (Å²) in [6.45, 7) is 2.26. The van der Waals surface area contributed by atoms with E-state index in [1.165, 1.54) is 0 Å². The number of hydrogen-bond acceptors (Lipinski definition) is 5. The maximum absolute atomic E-state index is 12.9. The summed E-state index contributed by atoms with van der Waals surface area (Å²) < 4.78 is 10.9. The summed E-state index contributed by atoms with van der Waals surface area (Å²) in [7, 11) is 0. The van der Waals surface area contributed by atoms with Gasteiger partial charge in [0.05, 0.1) is 29.5 Å². The van der Waals surface area contributed by atoms with E-state index < -0.39 is 11.8 Å². The number of hydrogen-bond donors (Lipinski definition) is 2. The van der Waals surface area contributed by atoms with E-state index in [-0.39, 0.29) is 0 Å². The monoisotopic (exact) mass is 401 g/mol. The third-order valence-corrected chi connectivity index (χ3v) is 4.46. The van der Waals surface area contributed by atoms with Crippen molar-refractivity contribution in [3.05, 3.63) is 84.1 Å². The molecule has 7 heteroatoms. The molecule has 0 saturated carbocycles. The fraction of sp³-hybridized carbons (Fsp3) is 0.0870. The molecule has 2 amide bonds. The Kier molecular flexibility index (Phi) is 5.43. The van der Waals surface area contributed by atoms with Crippen LogP contribution in [0.5, 0.6) is 5.75 Å². The first kappa shape index (κ1) is 19.2. The standard InChI is InChI=1S/C23H19N3O4/c1-2-29-20-11-6-4-9-16(20)22(27)25-26-23(28)17-14-19(21-12-7-13-30-21)24-18-10-5-3-8-15(17)18/h3-14H,2H2,1H3,(H,25,27)(H,26,28). The van der Waals surface area contributed by atoms with Crippen LogP contribution in [-0.2, 0) is 0 Å². The van der Waals surface area contributed by atoms with Crippen molar-refractivity contribution in [3.8, 4) is 17.2 Å². The van der Waals surface area contributed by atoms with E-state index in [4.69, 9.17) is 9.15 Å². The van der Waals surface area contributed by atoms with Gasteiger partial charge >= 0.3 is 0 Å². The number of benzene rings is 2. The van der Waals surface area contributed by atoms with Crippen molar-refractivity contribution in [2.75, 3.05) is 6.61 Å². The number of amides is 2. The minimum Gasteiger partial charge on any atom is -0.493 e. The average molecular weight is 401 g/mol. The second-order valence-electron chi connectivity index (χ2n) is 6.39. The first-order chi connectivity index (χ1) is 14.7. The highest BCUT2D eigenvalue weighted by Crippen LogP contribution is 2.25. The van der Waals surface area contributed by atoms with E-state index in [9.17, 15) is 9.59 Å². The van der Waals surface area contributed by atoms with Crippen LogP contribution >= 0.6 is 0 Å². The van der Waals surface area contributed by atoms with E-state index >= 15 is 0 Å². The summed E-state index contributed by atoms with van der Waals surface area (Å²) in [5.41, 5.74) is 6.79. The normalized spacial score (nSPS) is 10.6. The number of hydrazine groups is 1. The van der Waals surface area contributed by atoms with Crippen LogP contribution in [0.25, 0.3) is 22.4 Å². The molecule has 0 radical (unpaired) electrons. The lowest BCUT2D eigenvalue weighted by Crippen LogP contribution is -2.41. The Labute approximate surface area is 172 Å². The van der Waals surface area contributed by atoms with Crippen LogP contribution < -0.4 is 15.6 Å². The quantitative estimate of drug-likeness (QED) is 0.494. The number of nitrogens with one attached hydrogen (secondary N) is 2. The van der Waals surface area contributed by atoms with Crippen LogP contribution in [0.4, 0.5) is 0 Å². The van der Waals surface area contributed by atoms with Gasteiger partial charge in [0.1, 0.15) is 11.4 Å². The summed E-state index contributed by atoms with van der Waals surface area (Å²) in [4.78, 5) is 30.0. The Hall–Kier alpha value is -4.13. The largest absolute Gasteiger partial charge is 0.493 e. The molecule has 2 aromatic carbocycles. The van der Waals surface area contributed by atoms with Crippen molar-refractivity contribution >= 4 is 22.7 Å². The van der Waals surface area contributed by atoms with Gasteiger partial charge in [-0.25, -0.2) is 4.98 Å². The van der Waals surface area contributed by atoms with Gasteiger partial charge < -0.3 is 9.15 Å². The van der Waals surface area contributed by atoms with Gasteiger partial charge in [-0.15, -0.1) is 0 Å². The first-order valence-corrected chi connectivity index (χ1v) is 9.43. The molecule has 4 rings (SSSR count). The number of rotatable bonds is 5. The molecule has 2 N–H and O–H groups in total. The highest BCUT2D eigenvalue weighted by molar-refractivity contribution is 6.08. The second kappa shape index (κ2) is 8.48. The second-order valence-corrected chi connectivity index (χ2v) is 6.39. The molecule has 7 nitrogen and oxygen atoms in total. The lowest BCUT2D eigenvalue weighted by molar-refractivity contribution is 0.0845. The predicted octanol–water partition coefficient (Wildman–Crippen LogP) is 3.97. The third kappa shape index (κ3) is 3.86. The number of pyridine rings is 1. The number of carbonyl (C=O) groups is 2. The van der Waals surface area contributed by atoms with Crippen molar-refractivity contribution < 1.29 is 18.7 Å². The predicted molar refractivity (Wildman–Crippen MR) is 112 cm³/mol. The van der Waals surface area contributed by atoms with Gasteiger partial charge in [0, 0.05) is 5.39 Å². The van der Waals surface area contributed by atoms with Crippen LogP contribution in [0.2, 0.25) is 0 Å². The molecule has 0 unspecified atom stereocenters. The number of fused-ring (bicyclic) bond motifs is 1. The molecule has 2 aromatic heterocycles. The van der Waals surface area contributed by atoms with E-state index in [0.717, 1.165) is 0 Å². The number of nitrogens with zero attached hydrogens (tertiary/aromatic N) is 1. The molecule has 30 heavy (non-hydrogen) atoms. The Balaban J connectivity index is 1.60. The van der Waals surface area contributed by atoms with Crippen molar-refractivity contribution in [1.82, 2.24) is 15.8 Å². The minimum atomic E-state index is -0.475. The van der Waals surface area contributed by atoms with Crippen molar-refractivity contribution in [3.63, 3.8) is 0 Å².